The second-order valence-corrected chi connectivity index (χ2v) is 11.5. The molecule has 4 rings (SSSR count). The topological polar surface area (TPSA) is 94.5 Å². The number of Topliss-reactive ketones (excluding diaryl/α,β-unsaturated/α-hetero) is 1. The molecule has 4 aromatic rings. The molecule has 1 heterocycles. The number of rotatable bonds is 8. The molecule has 1 N–H and O–H groups in total. The fourth-order valence-electron chi connectivity index (χ4n) is 4.37. The van der Waals surface area contributed by atoms with Gasteiger partial charge in [-0.1, -0.05) is 12.1 Å². The van der Waals surface area contributed by atoms with Gasteiger partial charge in [0.15, 0.2) is 6.61 Å². The molecular formula is C31H32N2O5S. The monoisotopic (exact) mass is 544 g/mol. The van der Waals surface area contributed by atoms with Crippen molar-refractivity contribution in [1.82, 2.24) is 4.57 Å². The molecule has 0 bridgehead atoms. The molecule has 0 spiro atoms. The van der Waals surface area contributed by atoms with Crippen molar-refractivity contribution in [3.63, 3.8) is 0 Å². The Kier molecular flexibility index (Phi) is 7.79. The maximum Gasteiger partial charge on any atom is 0.338 e. The predicted octanol–water partition coefficient (Wildman–Crippen LogP) is 6.17. The van der Waals surface area contributed by atoms with Crippen LogP contribution in [-0.2, 0) is 14.8 Å². The van der Waals surface area contributed by atoms with Crippen LogP contribution in [0.25, 0.3) is 5.69 Å². The molecule has 8 heteroatoms. The molecule has 0 fully saturated rings. The summed E-state index contributed by atoms with van der Waals surface area (Å²) < 4.78 is 35.3. The average molecular weight is 545 g/mol. The number of aryl methyl sites for hydroxylation is 5. The molecule has 0 saturated carbocycles. The van der Waals surface area contributed by atoms with Crippen LogP contribution in [0.3, 0.4) is 0 Å². The number of ether oxygens (including phenoxy) is 1. The molecule has 0 saturated heterocycles. The van der Waals surface area contributed by atoms with Crippen molar-refractivity contribution in [2.24, 2.45) is 0 Å². The van der Waals surface area contributed by atoms with Gasteiger partial charge in [0.25, 0.3) is 10.0 Å². The summed E-state index contributed by atoms with van der Waals surface area (Å²) in [5.74, 6) is -0.973. The molecule has 0 radical (unpaired) electrons. The molecule has 7 nitrogen and oxygen atoms in total. The molecule has 0 amide bonds. The quantitative estimate of drug-likeness (QED) is 0.212. The van der Waals surface area contributed by atoms with Gasteiger partial charge in [0, 0.05) is 28.3 Å². The molecule has 0 aliphatic carbocycles. The van der Waals surface area contributed by atoms with Crippen LogP contribution in [0.1, 0.15) is 54.4 Å². The third-order valence-corrected chi connectivity index (χ3v) is 8.36. The van der Waals surface area contributed by atoms with Gasteiger partial charge in [0.2, 0.25) is 5.78 Å². The number of nitrogens with one attached hydrogen (secondary N) is 1. The van der Waals surface area contributed by atoms with E-state index in [4.69, 9.17) is 4.74 Å². The molecule has 3 aromatic carbocycles. The lowest BCUT2D eigenvalue weighted by atomic mass is 10.1. The minimum absolute atomic E-state index is 0.157. The number of benzene rings is 3. The smallest absolute Gasteiger partial charge is 0.338 e. The lowest BCUT2D eigenvalue weighted by Gasteiger charge is -2.12. The van der Waals surface area contributed by atoms with Crippen LogP contribution in [0.5, 0.6) is 0 Å². The summed E-state index contributed by atoms with van der Waals surface area (Å²) in [5.41, 5.74) is 7.88. The van der Waals surface area contributed by atoms with E-state index in [0.717, 1.165) is 33.8 Å². The van der Waals surface area contributed by atoms with Gasteiger partial charge in [-0.3, -0.25) is 9.52 Å². The molecule has 39 heavy (non-hydrogen) atoms. The van der Waals surface area contributed by atoms with Crippen molar-refractivity contribution in [2.75, 3.05) is 11.3 Å². The van der Waals surface area contributed by atoms with Crippen LogP contribution >= 0.6 is 0 Å². The molecule has 0 unspecified atom stereocenters. The Balaban J connectivity index is 1.41. The summed E-state index contributed by atoms with van der Waals surface area (Å²) in [7, 11) is -3.78. The number of hydrogen-bond donors (Lipinski definition) is 1. The Labute approximate surface area is 229 Å². The van der Waals surface area contributed by atoms with Gasteiger partial charge < -0.3 is 9.30 Å². The second-order valence-electron chi connectivity index (χ2n) is 9.82. The van der Waals surface area contributed by atoms with Crippen LogP contribution in [0, 0.1) is 41.5 Å². The highest BCUT2D eigenvalue weighted by atomic mass is 32.2. The summed E-state index contributed by atoms with van der Waals surface area (Å²) >= 11 is 0. The minimum atomic E-state index is -3.78. The number of carbonyl (C=O) groups excluding carboxylic acids is 2. The SMILES string of the molecule is Cc1ccc(-n2c(C)cc(C(=O)COC(=O)c3ccc(NS(=O)(=O)c4ccc(C)c(C)c4)cc3)c2C)cc1C. The maximum absolute atomic E-state index is 12.9. The van der Waals surface area contributed by atoms with E-state index in [2.05, 4.69) is 17.7 Å². The third-order valence-electron chi connectivity index (χ3n) is 6.98. The first kappa shape index (κ1) is 27.9. The number of ketones is 1. The molecular weight excluding hydrogens is 512 g/mol. The summed E-state index contributed by atoms with van der Waals surface area (Å²) in [4.78, 5) is 25.7. The highest BCUT2D eigenvalue weighted by Crippen LogP contribution is 2.24. The van der Waals surface area contributed by atoms with Gasteiger partial charge in [0.05, 0.1) is 10.5 Å². The number of sulfonamides is 1. The van der Waals surface area contributed by atoms with Crippen molar-refractivity contribution < 1.29 is 22.7 Å². The fraction of sp³-hybridized carbons (Fsp3) is 0.226. The zero-order chi connectivity index (χ0) is 28.5. The molecule has 0 atom stereocenters. The van der Waals surface area contributed by atoms with Crippen molar-refractivity contribution in [3.8, 4) is 5.69 Å². The van der Waals surface area contributed by atoms with Gasteiger partial charge in [-0.05, 0) is 118 Å². The zero-order valence-corrected chi connectivity index (χ0v) is 23.8. The fourth-order valence-corrected chi connectivity index (χ4v) is 5.51. The van der Waals surface area contributed by atoms with Gasteiger partial charge in [-0.2, -0.15) is 0 Å². The van der Waals surface area contributed by atoms with Crippen molar-refractivity contribution in [3.05, 3.63) is 111 Å². The number of nitrogens with zero attached hydrogens (tertiary/aromatic N) is 1. The number of esters is 1. The minimum Gasteiger partial charge on any atom is -0.454 e. The van der Waals surface area contributed by atoms with Gasteiger partial charge in [-0.15, -0.1) is 0 Å². The van der Waals surface area contributed by atoms with Crippen LogP contribution < -0.4 is 4.72 Å². The van der Waals surface area contributed by atoms with E-state index in [0.29, 0.717) is 11.3 Å². The third kappa shape index (κ3) is 5.96. The number of carbonyl (C=O) groups is 2. The van der Waals surface area contributed by atoms with Crippen molar-refractivity contribution in [2.45, 2.75) is 46.4 Å². The van der Waals surface area contributed by atoms with E-state index in [-0.39, 0.29) is 16.2 Å². The highest BCUT2D eigenvalue weighted by molar-refractivity contribution is 7.92. The Morgan fingerprint density at radius 3 is 2.00 bits per heavy atom. The Morgan fingerprint density at radius 2 is 1.38 bits per heavy atom. The number of hydrogen-bond acceptors (Lipinski definition) is 5. The van der Waals surface area contributed by atoms with Crippen LogP contribution in [0.15, 0.2) is 71.6 Å². The largest absolute Gasteiger partial charge is 0.454 e. The van der Waals surface area contributed by atoms with Crippen molar-refractivity contribution in [1.29, 1.82) is 0 Å². The summed E-state index contributed by atoms with van der Waals surface area (Å²) in [6.45, 7) is 11.3. The van der Waals surface area contributed by atoms with Crippen LogP contribution in [0.4, 0.5) is 5.69 Å². The first-order valence-electron chi connectivity index (χ1n) is 12.5. The van der Waals surface area contributed by atoms with Gasteiger partial charge in [0.1, 0.15) is 0 Å². The summed E-state index contributed by atoms with van der Waals surface area (Å²) in [5, 5.41) is 0. The summed E-state index contributed by atoms with van der Waals surface area (Å²) in [6, 6.07) is 18.7. The molecule has 0 aliphatic rings. The standard InChI is InChI=1S/C31H32N2O5S/c1-19-7-13-27(15-21(19)3)33-23(5)17-29(24(33)6)30(34)18-38-31(35)25-9-11-26(12-10-25)32-39(36,37)28-14-8-20(2)22(4)16-28/h7-17,32H,18H2,1-6H3. The molecule has 202 valence electrons. The Hall–Kier alpha value is -4.17. The second kappa shape index (κ2) is 10.9. The normalized spacial score (nSPS) is 11.3. The van der Waals surface area contributed by atoms with E-state index in [1.54, 1.807) is 24.3 Å². The zero-order valence-electron chi connectivity index (χ0n) is 23.0. The number of aromatic nitrogens is 1. The Bertz CT molecular complexity index is 1680. The predicted molar refractivity (Wildman–Crippen MR) is 152 cm³/mol. The first-order chi connectivity index (χ1) is 18.4. The summed E-state index contributed by atoms with van der Waals surface area (Å²) in [6.07, 6.45) is 0. The lowest BCUT2D eigenvalue weighted by molar-refractivity contribution is 0.0474. The van der Waals surface area contributed by atoms with Crippen LogP contribution in [-0.4, -0.2) is 31.3 Å². The molecule has 0 aliphatic heterocycles. The van der Waals surface area contributed by atoms with E-state index >= 15 is 0 Å². The van der Waals surface area contributed by atoms with Crippen LogP contribution in [0.2, 0.25) is 0 Å². The lowest BCUT2D eigenvalue weighted by Crippen LogP contribution is -2.15. The maximum atomic E-state index is 12.9. The van der Waals surface area contributed by atoms with E-state index in [9.17, 15) is 18.0 Å². The highest BCUT2D eigenvalue weighted by Gasteiger charge is 2.20. The number of anilines is 1. The average Bonchev–Trinajstić information content (AvgIpc) is 3.19. The van der Waals surface area contributed by atoms with E-state index in [1.165, 1.54) is 29.8 Å². The Morgan fingerprint density at radius 1 is 0.769 bits per heavy atom. The van der Waals surface area contributed by atoms with Gasteiger partial charge in [-0.25, -0.2) is 13.2 Å². The first-order valence-corrected chi connectivity index (χ1v) is 14.0. The van der Waals surface area contributed by atoms with Crippen molar-refractivity contribution >= 4 is 27.5 Å². The van der Waals surface area contributed by atoms with Gasteiger partial charge >= 0.3 is 5.97 Å². The van der Waals surface area contributed by atoms with E-state index < -0.39 is 22.6 Å². The molecule has 1 aromatic heterocycles. The van der Waals surface area contributed by atoms with E-state index in [1.807, 2.05) is 51.3 Å².